The Balaban J connectivity index is 1.79. The summed E-state index contributed by atoms with van der Waals surface area (Å²) < 4.78 is 50.3. The van der Waals surface area contributed by atoms with Crippen LogP contribution in [0.3, 0.4) is 0 Å². The van der Waals surface area contributed by atoms with Crippen molar-refractivity contribution in [3.8, 4) is 0 Å². The largest absolute Gasteiger partial charge is 0.416 e. The van der Waals surface area contributed by atoms with E-state index in [1.165, 1.54) is 36.0 Å². The van der Waals surface area contributed by atoms with Gasteiger partial charge in [-0.2, -0.15) is 13.2 Å². The number of halogens is 4. The maximum atomic E-state index is 12.8. The van der Waals surface area contributed by atoms with Crippen molar-refractivity contribution in [3.63, 3.8) is 0 Å². The topological polar surface area (TPSA) is 29.1 Å². The van der Waals surface area contributed by atoms with Crippen LogP contribution in [-0.2, 0) is 23.3 Å². The lowest BCUT2D eigenvalue weighted by atomic mass is 10.1. The first-order chi connectivity index (χ1) is 11.8. The molecule has 0 spiro atoms. The van der Waals surface area contributed by atoms with E-state index in [0.717, 1.165) is 23.3 Å². The number of nitrogens with one attached hydrogen (secondary N) is 1. The quantitative estimate of drug-likeness (QED) is 0.741. The van der Waals surface area contributed by atoms with Crippen LogP contribution in [0.1, 0.15) is 23.6 Å². The molecule has 25 heavy (non-hydrogen) atoms. The van der Waals surface area contributed by atoms with Gasteiger partial charge in [-0.1, -0.05) is 24.3 Å². The molecular weight excluding hydrogens is 354 g/mol. The van der Waals surface area contributed by atoms with Crippen LogP contribution in [0.5, 0.6) is 0 Å². The van der Waals surface area contributed by atoms with Gasteiger partial charge in [-0.25, -0.2) is 4.39 Å². The predicted molar refractivity (Wildman–Crippen MR) is 90.4 cm³/mol. The third-order valence-electron chi connectivity index (χ3n) is 3.53. The van der Waals surface area contributed by atoms with E-state index >= 15 is 0 Å². The van der Waals surface area contributed by atoms with E-state index in [-0.39, 0.29) is 17.0 Å². The minimum atomic E-state index is -4.35. The molecule has 1 atom stereocenters. The summed E-state index contributed by atoms with van der Waals surface area (Å²) in [5.41, 5.74) is 0.817. The SMILES string of the molecule is CC(SCc1ccc(C(F)(F)F)cc1)C(=O)NCc1ccc(F)cc1. The van der Waals surface area contributed by atoms with Gasteiger partial charge in [-0.3, -0.25) is 4.79 Å². The van der Waals surface area contributed by atoms with Crippen LogP contribution in [0.4, 0.5) is 17.6 Å². The second kappa shape index (κ2) is 8.38. The number of benzene rings is 2. The summed E-state index contributed by atoms with van der Waals surface area (Å²) in [5, 5.41) is 2.39. The smallest absolute Gasteiger partial charge is 0.351 e. The van der Waals surface area contributed by atoms with Crippen LogP contribution in [0, 0.1) is 5.82 Å². The van der Waals surface area contributed by atoms with Gasteiger partial charge < -0.3 is 5.32 Å². The molecule has 0 saturated carbocycles. The van der Waals surface area contributed by atoms with Crippen molar-refractivity contribution in [2.75, 3.05) is 0 Å². The molecule has 7 heteroatoms. The number of hydrogen-bond donors (Lipinski definition) is 1. The molecule has 1 N–H and O–H groups in total. The molecule has 0 saturated heterocycles. The molecule has 0 bridgehead atoms. The Labute approximate surface area is 147 Å². The van der Waals surface area contributed by atoms with Gasteiger partial charge in [-0.05, 0) is 42.3 Å². The molecule has 0 fully saturated rings. The maximum absolute atomic E-state index is 12.8. The van der Waals surface area contributed by atoms with Crippen molar-refractivity contribution >= 4 is 17.7 Å². The first kappa shape index (κ1) is 19.3. The number of rotatable bonds is 6. The fraction of sp³-hybridized carbons (Fsp3) is 0.278. The van der Waals surface area contributed by atoms with Crippen LogP contribution in [0.15, 0.2) is 48.5 Å². The zero-order valence-electron chi connectivity index (χ0n) is 13.4. The standard InChI is InChI=1S/C18H17F4NOS/c1-12(17(24)23-10-13-4-8-16(19)9-5-13)25-11-14-2-6-15(7-3-14)18(20,21)22/h2-9,12H,10-11H2,1H3,(H,23,24). The van der Waals surface area contributed by atoms with Gasteiger partial charge in [-0.15, -0.1) is 11.8 Å². The summed E-state index contributed by atoms with van der Waals surface area (Å²) in [6.45, 7) is 2.03. The molecule has 0 heterocycles. The zero-order chi connectivity index (χ0) is 18.4. The summed E-state index contributed by atoms with van der Waals surface area (Å²) >= 11 is 1.34. The summed E-state index contributed by atoms with van der Waals surface area (Å²) in [7, 11) is 0. The Morgan fingerprint density at radius 2 is 1.60 bits per heavy atom. The molecular formula is C18H17F4NOS. The van der Waals surface area contributed by atoms with Crippen molar-refractivity contribution < 1.29 is 22.4 Å². The van der Waals surface area contributed by atoms with Gasteiger partial charge in [0.2, 0.25) is 5.91 Å². The van der Waals surface area contributed by atoms with Gasteiger partial charge in [0.25, 0.3) is 0 Å². The zero-order valence-corrected chi connectivity index (χ0v) is 14.3. The summed E-state index contributed by atoms with van der Waals surface area (Å²) in [6, 6.07) is 10.7. The normalized spacial score (nSPS) is 12.7. The molecule has 0 aliphatic heterocycles. The Kier molecular flexibility index (Phi) is 6.47. The van der Waals surface area contributed by atoms with E-state index in [0.29, 0.717) is 12.3 Å². The third kappa shape index (κ3) is 6.08. The van der Waals surface area contributed by atoms with Gasteiger partial charge >= 0.3 is 6.18 Å². The fourth-order valence-corrected chi connectivity index (χ4v) is 2.89. The van der Waals surface area contributed by atoms with Crippen molar-refractivity contribution in [3.05, 3.63) is 71.0 Å². The summed E-state index contributed by atoms with van der Waals surface area (Å²) in [4.78, 5) is 12.0. The minimum Gasteiger partial charge on any atom is -0.351 e. The highest BCUT2D eigenvalue weighted by Crippen LogP contribution is 2.29. The number of thioether (sulfide) groups is 1. The van der Waals surface area contributed by atoms with Gasteiger partial charge in [0.05, 0.1) is 10.8 Å². The average Bonchev–Trinajstić information content (AvgIpc) is 2.58. The van der Waals surface area contributed by atoms with E-state index < -0.39 is 11.7 Å². The van der Waals surface area contributed by atoms with Gasteiger partial charge in [0, 0.05) is 12.3 Å². The van der Waals surface area contributed by atoms with Gasteiger partial charge in [0.1, 0.15) is 5.82 Å². The lowest BCUT2D eigenvalue weighted by Gasteiger charge is -2.13. The van der Waals surface area contributed by atoms with Crippen molar-refractivity contribution in [1.29, 1.82) is 0 Å². The molecule has 0 aliphatic rings. The Hall–Kier alpha value is -2.02. The van der Waals surface area contributed by atoms with Crippen LogP contribution in [0.2, 0.25) is 0 Å². The highest BCUT2D eigenvalue weighted by molar-refractivity contribution is 7.99. The molecule has 0 radical (unpaired) electrons. The molecule has 0 aliphatic carbocycles. The number of alkyl halides is 3. The molecule has 2 rings (SSSR count). The molecule has 1 unspecified atom stereocenters. The van der Waals surface area contributed by atoms with Crippen molar-refractivity contribution in [1.82, 2.24) is 5.32 Å². The number of carbonyl (C=O) groups excluding carboxylic acids is 1. The van der Waals surface area contributed by atoms with E-state index in [4.69, 9.17) is 0 Å². The van der Waals surface area contributed by atoms with Gasteiger partial charge in [0.15, 0.2) is 0 Å². The highest BCUT2D eigenvalue weighted by atomic mass is 32.2. The van der Waals surface area contributed by atoms with Crippen molar-refractivity contribution in [2.45, 2.75) is 30.6 Å². The highest BCUT2D eigenvalue weighted by Gasteiger charge is 2.29. The maximum Gasteiger partial charge on any atom is 0.416 e. The number of hydrogen-bond acceptors (Lipinski definition) is 2. The first-order valence-corrected chi connectivity index (χ1v) is 8.60. The Bertz CT molecular complexity index is 699. The van der Waals surface area contributed by atoms with Crippen LogP contribution in [-0.4, -0.2) is 11.2 Å². The first-order valence-electron chi connectivity index (χ1n) is 7.55. The molecule has 2 aromatic carbocycles. The van der Waals surface area contributed by atoms with Crippen molar-refractivity contribution in [2.24, 2.45) is 0 Å². The lowest BCUT2D eigenvalue weighted by molar-refractivity contribution is -0.137. The predicted octanol–water partition coefficient (Wildman–Crippen LogP) is 4.78. The number of amides is 1. The lowest BCUT2D eigenvalue weighted by Crippen LogP contribution is -2.30. The third-order valence-corrected chi connectivity index (χ3v) is 4.74. The molecule has 0 aromatic heterocycles. The molecule has 1 amide bonds. The monoisotopic (exact) mass is 371 g/mol. The van der Waals surface area contributed by atoms with E-state index in [2.05, 4.69) is 5.32 Å². The second-order valence-corrected chi connectivity index (χ2v) is 6.82. The molecule has 2 nitrogen and oxygen atoms in total. The van der Waals surface area contributed by atoms with Crippen LogP contribution < -0.4 is 5.32 Å². The summed E-state index contributed by atoms with van der Waals surface area (Å²) in [5.74, 6) is -0.0831. The summed E-state index contributed by atoms with van der Waals surface area (Å²) in [6.07, 6.45) is -4.35. The van der Waals surface area contributed by atoms with E-state index in [1.54, 1.807) is 19.1 Å². The van der Waals surface area contributed by atoms with Crippen LogP contribution in [0.25, 0.3) is 0 Å². The molecule has 2 aromatic rings. The second-order valence-electron chi connectivity index (χ2n) is 5.49. The number of carbonyl (C=O) groups is 1. The fourth-order valence-electron chi connectivity index (χ4n) is 2.02. The minimum absolute atomic E-state index is 0.179. The van der Waals surface area contributed by atoms with E-state index in [1.807, 2.05) is 0 Å². The van der Waals surface area contributed by atoms with E-state index in [9.17, 15) is 22.4 Å². The van der Waals surface area contributed by atoms with Crippen LogP contribution >= 0.6 is 11.8 Å². The Morgan fingerprint density at radius 3 is 2.16 bits per heavy atom. The Morgan fingerprint density at radius 1 is 1.04 bits per heavy atom. The molecule has 134 valence electrons. The average molecular weight is 371 g/mol.